The minimum Gasteiger partial charge on any atom is -0.481 e. The van der Waals surface area contributed by atoms with Gasteiger partial charge in [0, 0.05) is 19.5 Å². The highest BCUT2D eigenvalue weighted by Gasteiger charge is 2.18. The Bertz CT molecular complexity index is 604. The van der Waals surface area contributed by atoms with E-state index in [4.69, 9.17) is 5.11 Å². The molecule has 0 aliphatic carbocycles. The lowest BCUT2D eigenvalue weighted by molar-refractivity contribution is -0.137. The number of carboxylic acids is 1. The Hall–Kier alpha value is -2.13. The van der Waals surface area contributed by atoms with Gasteiger partial charge in [-0.1, -0.05) is 48.5 Å². The smallest absolute Gasteiger partial charge is 0.303 e. The van der Waals surface area contributed by atoms with Crippen molar-refractivity contribution in [1.82, 2.24) is 4.90 Å². The van der Waals surface area contributed by atoms with Gasteiger partial charge in [0.2, 0.25) is 0 Å². The summed E-state index contributed by atoms with van der Waals surface area (Å²) >= 11 is 0. The number of hydrogen-bond donors (Lipinski definition) is 1. The van der Waals surface area contributed by atoms with Crippen LogP contribution in [0, 0.1) is 0 Å². The molecule has 0 fully saturated rings. The molecule has 0 radical (unpaired) electrons. The summed E-state index contributed by atoms with van der Waals surface area (Å²) in [4.78, 5) is 13.0. The van der Waals surface area contributed by atoms with Crippen LogP contribution in [0.15, 0.2) is 48.5 Å². The molecule has 21 heavy (non-hydrogen) atoms. The Labute approximate surface area is 124 Å². The van der Waals surface area contributed by atoms with Gasteiger partial charge < -0.3 is 5.11 Å². The zero-order chi connectivity index (χ0) is 14.7. The Balaban J connectivity index is 1.88. The van der Waals surface area contributed by atoms with Gasteiger partial charge in [-0.25, -0.2) is 0 Å². The number of rotatable bonds is 4. The van der Waals surface area contributed by atoms with Crippen molar-refractivity contribution in [2.45, 2.75) is 25.9 Å². The maximum Gasteiger partial charge on any atom is 0.303 e. The number of aliphatic carboxylic acids is 1. The molecule has 0 saturated carbocycles. The molecule has 1 aliphatic rings. The van der Waals surface area contributed by atoms with Crippen molar-refractivity contribution in [1.29, 1.82) is 0 Å². The number of nitrogens with zero attached hydrogens (tertiary/aromatic N) is 1. The van der Waals surface area contributed by atoms with E-state index in [9.17, 15) is 4.79 Å². The molecule has 0 atom stereocenters. The Morgan fingerprint density at radius 1 is 0.952 bits per heavy atom. The molecule has 2 aromatic rings. The van der Waals surface area contributed by atoms with E-state index in [-0.39, 0.29) is 6.42 Å². The summed E-state index contributed by atoms with van der Waals surface area (Å²) in [5.41, 5.74) is 5.23. The van der Waals surface area contributed by atoms with Crippen LogP contribution in [0.1, 0.15) is 24.0 Å². The van der Waals surface area contributed by atoms with Crippen LogP contribution < -0.4 is 0 Å². The van der Waals surface area contributed by atoms with E-state index in [0.717, 1.165) is 19.6 Å². The molecular formula is C18H19NO2. The predicted octanol–water partition coefficient (Wildman–Crippen LogP) is 3.53. The first-order valence-electron chi connectivity index (χ1n) is 7.34. The number of carbonyl (C=O) groups is 1. The Kier molecular flexibility index (Phi) is 4.02. The molecule has 2 aromatic carbocycles. The monoisotopic (exact) mass is 281 g/mol. The molecule has 1 heterocycles. The van der Waals surface area contributed by atoms with Gasteiger partial charge in [0.1, 0.15) is 0 Å². The number of fused-ring (bicyclic) bond motifs is 3. The second-order valence-electron chi connectivity index (χ2n) is 5.52. The molecule has 3 nitrogen and oxygen atoms in total. The zero-order valence-electron chi connectivity index (χ0n) is 12.0. The minimum atomic E-state index is -0.717. The third kappa shape index (κ3) is 3.14. The summed E-state index contributed by atoms with van der Waals surface area (Å²) in [6.45, 7) is 2.57. The van der Waals surface area contributed by atoms with Gasteiger partial charge in [-0.15, -0.1) is 0 Å². The van der Waals surface area contributed by atoms with Crippen molar-refractivity contribution in [2.24, 2.45) is 0 Å². The highest BCUT2D eigenvalue weighted by Crippen LogP contribution is 2.32. The van der Waals surface area contributed by atoms with Crippen molar-refractivity contribution < 1.29 is 9.90 Å². The standard InChI is InChI=1S/C18H19NO2/c20-18(21)10-5-11-19-12-14-6-1-3-8-16(14)17-9-4-2-7-15(17)13-19/h1-4,6-9H,5,10-13H2,(H,20,21). The molecule has 1 N–H and O–H groups in total. The average molecular weight is 281 g/mol. The number of hydrogen-bond acceptors (Lipinski definition) is 2. The van der Waals surface area contributed by atoms with E-state index in [1.807, 2.05) is 0 Å². The van der Waals surface area contributed by atoms with E-state index < -0.39 is 5.97 Å². The van der Waals surface area contributed by atoms with Crippen LogP contribution in [0.3, 0.4) is 0 Å². The van der Waals surface area contributed by atoms with Crippen LogP contribution in [0.25, 0.3) is 11.1 Å². The minimum absolute atomic E-state index is 0.236. The largest absolute Gasteiger partial charge is 0.481 e. The SMILES string of the molecule is O=C(O)CCCN1Cc2ccccc2-c2ccccc2C1. The Morgan fingerprint density at radius 2 is 1.48 bits per heavy atom. The van der Waals surface area contributed by atoms with Crippen LogP contribution in [-0.2, 0) is 17.9 Å². The van der Waals surface area contributed by atoms with Crippen LogP contribution >= 0.6 is 0 Å². The molecule has 3 heteroatoms. The van der Waals surface area contributed by atoms with E-state index in [1.54, 1.807) is 0 Å². The van der Waals surface area contributed by atoms with Crippen molar-refractivity contribution in [3.05, 3.63) is 59.7 Å². The van der Waals surface area contributed by atoms with Crippen LogP contribution in [0.5, 0.6) is 0 Å². The summed E-state index contributed by atoms with van der Waals surface area (Å²) in [6, 6.07) is 17.0. The fourth-order valence-corrected chi connectivity index (χ4v) is 2.99. The van der Waals surface area contributed by atoms with Gasteiger partial charge in [-0.05, 0) is 35.2 Å². The van der Waals surface area contributed by atoms with Crippen molar-refractivity contribution in [3.63, 3.8) is 0 Å². The maximum atomic E-state index is 10.7. The second kappa shape index (κ2) is 6.10. The average Bonchev–Trinajstić information content (AvgIpc) is 2.63. The Morgan fingerprint density at radius 3 is 2.00 bits per heavy atom. The molecule has 0 saturated heterocycles. The third-order valence-corrected chi connectivity index (χ3v) is 3.98. The lowest BCUT2D eigenvalue weighted by Gasteiger charge is -2.20. The molecule has 1 aliphatic heterocycles. The van der Waals surface area contributed by atoms with E-state index in [1.165, 1.54) is 22.3 Å². The molecule has 0 aromatic heterocycles. The summed E-state index contributed by atoms with van der Waals surface area (Å²) in [5.74, 6) is -0.717. The lowest BCUT2D eigenvalue weighted by Crippen LogP contribution is -2.23. The quantitative estimate of drug-likeness (QED) is 0.932. The van der Waals surface area contributed by atoms with Gasteiger partial charge in [0.15, 0.2) is 0 Å². The van der Waals surface area contributed by atoms with Crippen LogP contribution in [0.2, 0.25) is 0 Å². The molecule has 108 valence electrons. The topological polar surface area (TPSA) is 40.5 Å². The molecule has 0 bridgehead atoms. The predicted molar refractivity (Wildman–Crippen MR) is 82.9 cm³/mol. The molecule has 0 unspecified atom stereocenters. The van der Waals surface area contributed by atoms with E-state index >= 15 is 0 Å². The third-order valence-electron chi connectivity index (χ3n) is 3.98. The van der Waals surface area contributed by atoms with Crippen molar-refractivity contribution in [2.75, 3.05) is 6.54 Å². The van der Waals surface area contributed by atoms with Crippen molar-refractivity contribution >= 4 is 5.97 Å². The van der Waals surface area contributed by atoms with Crippen LogP contribution in [0.4, 0.5) is 0 Å². The molecule has 0 amide bonds. The van der Waals surface area contributed by atoms with Gasteiger partial charge >= 0.3 is 5.97 Å². The fraction of sp³-hybridized carbons (Fsp3) is 0.278. The fourth-order valence-electron chi connectivity index (χ4n) is 2.99. The van der Waals surface area contributed by atoms with E-state index in [2.05, 4.69) is 53.4 Å². The summed E-state index contributed by atoms with van der Waals surface area (Å²) in [5, 5.41) is 8.80. The summed E-state index contributed by atoms with van der Waals surface area (Å²) < 4.78 is 0. The first-order chi connectivity index (χ1) is 10.2. The summed E-state index contributed by atoms with van der Waals surface area (Å²) in [6.07, 6.45) is 0.930. The van der Waals surface area contributed by atoms with Crippen molar-refractivity contribution in [3.8, 4) is 11.1 Å². The van der Waals surface area contributed by atoms with Gasteiger partial charge in [-0.2, -0.15) is 0 Å². The molecular weight excluding hydrogens is 262 g/mol. The van der Waals surface area contributed by atoms with Crippen LogP contribution in [-0.4, -0.2) is 22.5 Å². The maximum absolute atomic E-state index is 10.7. The first kappa shape index (κ1) is 13.8. The highest BCUT2D eigenvalue weighted by molar-refractivity contribution is 5.71. The zero-order valence-corrected chi connectivity index (χ0v) is 12.0. The van der Waals surface area contributed by atoms with Gasteiger partial charge in [0.25, 0.3) is 0 Å². The molecule has 0 spiro atoms. The normalized spacial score (nSPS) is 14.1. The van der Waals surface area contributed by atoms with E-state index in [0.29, 0.717) is 6.42 Å². The van der Waals surface area contributed by atoms with Gasteiger partial charge in [-0.3, -0.25) is 9.69 Å². The highest BCUT2D eigenvalue weighted by atomic mass is 16.4. The number of benzene rings is 2. The summed E-state index contributed by atoms with van der Waals surface area (Å²) in [7, 11) is 0. The first-order valence-corrected chi connectivity index (χ1v) is 7.34. The van der Waals surface area contributed by atoms with Gasteiger partial charge in [0.05, 0.1) is 0 Å². The number of carboxylic acid groups (broad SMARTS) is 1. The second-order valence-corrected chi connectivity index (χ2v) is 5.52. The molecule has 3 rings (SSSR count). The lowest BCUT2D eigenvalue weighted by atomic mass is 9.97.